The van der Waals surface area contributed by atoms with E-state index in [-0.39, 0.29) is 12.1 Å². The Bertz CT molecular complexity index is 443. The lowest BCUT2D eigenvalue weighted by Gasteiger charge is -2.39. The van der Waals surface area contributed by atoms with Crippen molar-refractivity contribution in [3.8, 4) is 0 Å². The van der Waals surface area contributed by atoms with E-state index in [1.165, 1.54) is 18.2 Å². The van der Waals surface area contributed by atoms with E-state index < -0.39 is 0 Å². The summed E-state index contributed by atoms with van der Waals surface area (Å²) in [4.78, 5) is 8.55. The van der Waals surface area contributed by atoms with Crippen molar-refractivity contribution in [1.82, 2.24) is 9.97 Å². The standard InChI is InChI=1S/C13H22N4OS/c1-9-4-3-5-13(7-9,8-18)17-11-6-10(14)15-12(16-11)19-2/h6,9,18H,3-5,7-8H2,1-2H3,(H3,14,15,16,17). The highest BCUT2D eigenvalue weighted by Crippen LogP contribution is 2.34. The molecule has 0 radical (unpaired) electrons. The fourth-order valence-corrected chi connectivity index (χ4v) is 3.21. The Kier molecular flexibility index (Phi) is 4.52. The average molecular weight is 282 g/mol. The summed E-state index contributed by atoms with van der Waals surface area (Å²) < 4.78 is 0. The highest BCUT2D eigenvalue weighted by Gasteiger charge is 2.34. The van der Waals surface area contributed by atoms with Crippen LogP contribution in [-0.4, -0.2) is 33.5 Å². The van der Waals surface area contributed by atoms with Crippen molar-refractivity contribution < 1.29 is 5.11 Å². The summed E-state index contributed by atoms with van der Waals surface area (Å²) in [5, 5.41) is 13.8. The number of hydrogen-bond donors (Lipinski definition) is 3. The molecular formula is C13H22N4OS. The number of nitrogens with zero attached hydrogens (tertiary/aromatic N) is 2. The Morgan fingerprint density at radius 3 is 3.00 bits per heavy atom. The molecule has 0 aliphatic heterocycles. The second kappa shape index (κ2) is 5.96. The minimum Gasteiger partial charge on any atom is -0.394 e. The van der Waals surface area contributed by atoms with Crippen LogP contribution in [0.4, 0.5) is 11.6 Å². The van der Waals surface area contributed by atoms with E-state index in [0.29, 0.717) is 22.7 Å². The van der Waals surface area contributed by atoms with Crippen LogP contribution in [0.5, 0.6) is 0 Å². The van der Waals surface area contributed by atoms with Gasteiger partial charge in [-0.2, -0.15) is 0 Å². The van der Waals surface area contributed by atoms with Crippen molar-refractivity contribution >= 4 is 23.4 Å². The van der Waals surface area contributed by atoms with Crippen molar-refractivity contribution in [2.75, 3.05) is 23.9 Å². The molecule has 1 aromatic rings. The molecule has 0 aromatic carbocycles. The van der Waals surface area contributed by atoms with Gasteiger partial charge in [0, 0.05) is 6.07 Å². The maximum atomic E-state index is 9.77. The summed E-state index contributed by atoms with van der Waals surface area (Å²) in [6, 6.07) is 1.73. The zero-order valence-electron chi connectivity index (χ0n) is 11.5. The van der Waals surface area contributed by atoms with E-state index in [2.05, 4.69) is 22.2 Å². The first-order chi connectivity index (χ1) is 9.07. The lowest BCUT2D eigenvalue weighted by atomic mass is 9.77. The van der Waals surface area contributed by atoms with Gasteiger partial charge in [0.2, 0.25) is 0 Å². The number of aromatic nitrogens is 2. The first-order valence-electron chi connectivity index (χ1n) is 6.64. The fourth-order valence-electron chi connectivity index (χ4n) is 2.83. The third kappa shape index (κ3) is 3.51. The maximum Gasteiger partial charge on any atom is 0.191 e. The van der Waals surface area contributed by atoms with Gasteiger partial charge in [-0.25, -0.2) is 9.97 Å². The van der Waals surface area contributed by atoms with Crippen molar-refractivity contribution in [2.45, 2.75) is 43.3 Å². The number of nitrogens with two attached hydrogens (primary N) is 1. The predicted octanol–water partition coefficient (Wildman–Crippen LogP) is 2.13. The van der Waals surface area contributed by atoms with E-state index in [1.807, 2.05) is 6.26 Å². The second-order valence-corrected chi connectivity index (χ2v) is 6.20. The van der Waals surface area contributed by atoms with Gasteiger partial charge >= 0.3 is 0 Å². The Balaban J connectivity index is 2.20. The molecule has 4 N–H and O–H groups in total. The number of aliphatic hydroxyl groups excluding tert-OH is 1. The first-order valence-corrected chi connectivity index (χ1v) is 7.87. The predicted molar refractivity (Wildman–Crippen MR) is 79.3 cm³/mol. The zero-order valence-corrected chi connectivity index (χ0v) is 12.3. The number of anilines is 2. The van der Waals surface area contributed by atoms with E-state index in [4.69, 9.17) is 5.73 Å². The van der Waals surface area contributed by atoms with Crippen molar-refractivity contribution in [1.29, 1.82) is 0 Å². The van der Waals surface area contributed by atoms with E-state index in [1.54, 1.807) is 6.07 Å². The zero-order chi connectivity index (χ0) is 13.9. The van der Waals surface area contributed by atoms with Crippen LogP contribution in [0.1, 0.15) is 32.6 Å². The molecular weight excluding hydrogens is 260 g/mol. The number of aliphatic hydroxyl groups is 1. The van der Waals surface area contributed by atoms with Crippen molar-refractivity contribution in [3.05, 3.63) is 6.07 Å². The van der Waals surface area contributed by atoms with Crippen LogP contribution in [0.2, 0.25) is 0 Å². The molecule has 0 saturated heterocycles. The molecule has 6 heteroatoms. The number of nitrogens with one attached hydrogen (secondary N) is 1. The SMILES string of the molecule is CSc1nc(N)cc(NC2(CO)CCCC(C)C2)n1. The van der Waals surface area contributed by atoms with Gasteiger partial charge in [-0.1, -0.05) is 31.5 Å². The number of hydrogen-bond acceptors (Lipinski definition) is 6. The van der Waals surface area contributed by atoms with Gasteiger partial charge in [0.15, 0.2) is 5.16 Å². The maximum absolute atomic E-state index is 9.77. The van der Waals surface area contributed by atoms with Gasteiger partial charge in [0.25, 0.3) is 0 Å². The smallest absolute Gasteiger partial charge is 0.191 e. The molecule has 0 bridgehead atoms. The molecule has 1 heterocycles. The Labute approximate surface area is 118 Å². The molecule has 0 amide bonds. The Morgan fingerprint density at radius 2 is 2.37 bits per heavy atom. The van der Waals surface area contributed by atoms with Crippen LogP contribution in [0.25, 0.3) is 0 Å². The first kappa shape index (κ1) is 14.4. The normalized spacial score (nSPS) is 27.2. The molecule has 1 aliphatic rings. The third-order valence-corrected chi connectivity index (χ3v) is 4.24. The molecule has 106 valence electrons. The molecule has 1 saturated carbocycles. The number of thioether (sulfide) groups is 1. The Morgan fingerprint density at radius 1 is 1.58 bits per heavy atom. The van der Waals surface area contributed by atoms with Crippen LogP contribution >= 0.6 is 11.8 Å². The van der Waals surface area contributed by atoms with Crippen molar-refractivity contribution in [2.24, 2.45) is 5.92 Å². The highest BCUT2D eigenvalue weighted by atomic mass is 32.2. The molecule has 1 aromatic heterocycles. The lowest BCUT2D eigenvalue weighted by molar-refractivity contribution is 0.149. The molecule has 2 atom stereocenters. The summed E-state index contributed by atoms with van der Waals surface area (Å²) in [5.74, 6) is 1.78. The Hall–Kier alpha value is -1.01. The topological polar surface area (TPSA) is 84.1 Å². The minimum atomic E-state index is -0.270. The summed E-state index contributed by atoms with van der Waals surface area (Å²) in [5.41, 5.74) is 5.52. The molecule has 0 spiro atoms. The largest absolute Gasteiger partial charge is 0.394 e. The fraction of sp³-hybridized carbons (Fsp3) is 0.692. The summed E-state index contributed by atoms with van der Waals surface area (Å²) >= 11 is 1.46. The summed E-state index contributed by atoms with van der Waals surface area (Å²) in [6.07, 6.45) is 6.20. The lowest BCUT2D eigenvalue weighted by Crippen LogP contribution is -2.46. The third-order valence-electron chi connectivity index (χ3n) is 3.70. The van der Waals surface area contributed by atoms with Crippen LogP contribution in [0.15, 0.2) is 11.2 Å². The van der Waals surface area contributed by atoms with E-state index >= 15 is 0 Å². The quantitative estimate of drug-likeness (QED) is 0.579. The molecule has 2 rings (SSSR count). The van der Waals surface area contributed by atoms with Gasteiger partial charge in [0.05, 0.1) is 12.1 Å². The number of nitrogen functional groups attached to an aromatic ring is 1. The van der Waals surface area contributed by atoms with Gasteiger partial charge in [0.1, 0.15) is 11.6 Å². The van der Waals surface area contributed by atoms with Gasteiger partial charge in [-0.3, -0.25) is 0 Å². The monoisotopic (exact) mass is 282 g/mol. The van der Waals surface area contributed by atoms with Gasteiger partial charge < -0.3 is 16.2 Å². The van der Waals surface area contributed by atoms with E-state index in [9.17, 15) is 5.11 Å². The van der Waals surface area contributed by atoms with E-state index in [0.717, 1.165) is 19.3 Å². The van der Waals surface area contributed by atoms with Crippen LogP contribution in [0.3, 0.4) is 0 Å². The molecule has 1 aliphatic carbocycles. The summed E-state index contributed by atoms with van der Waals surface area (Å²) in [7, 11) is 0. The minimum absolute atomic E-state index is 0.121. The van der Waals surface area contributed by atoms with Gasteiger partial charge in [-0.05, 0) is 25.0 Å². The molecule has 1 fully saturated rings. The molecule has 2 unspecified atom stereocenters. The van der Waals surface area contributed by atoms with Crippen LogP contribution < -0.4 is 11.1 Å². The van der Waals surface area contributed by atoms with Crippen molar-refractivity contribution in [3.63, 3.8) is 0 Å². The van der Waals surface area contributed by atoms with Gasteiger partial charge in [-0.15, -0.1) is 0 Å². The average Bonchev–Trinajstić information content (AvgIpc) is 2.38. The summed E-state index contributed by atoms with van der Waals surface area (Å²) in [6.45, 7) is 2.35. The molecule has 5 nitrogen and oxygen atoms in total. The van der Waals surface area contributed by atoms with Crippen LogP contribution in [0, 0.1) is 5.92 Å². The highest BCUT2D eigenvalue weighted by molar-refractivity contribution is 7.98. The second-order valence-electron chi connectivity index (χ2n) is 5.43. The number of rotatable bonds is 4. The molecule has 19 heavy (non-hydrogen) atoms. The van der Waals surface area contributed by atoms with Crippen LogP contribution in [-0.2, 0) is 0 Å².